The van der Waals surface area contributed by atoms with E-state index in [2.05, 4.69) is 10.3 Å². The summed E-state index contributed by atoms with van der Waals surface area (Å²) in [4.78, 5) is 33.1. The van der Waals surface area contributed by atoms with E-state index in [9.17, 15) is 9.59 Å². The van der Waals surface area contributed by atoms with Crippen molar-refractivity contribution in [1.29, 1.82) is 0 Å². The van der Waals surface area contributed by atoms with Crippen LogP contribution >= 0.6 is 24.0 Å². The lowest BCUT2D eigenvalue weighted by molar-refractivity contribution is -0.123. The molecule has 1 amide bonds. The lowest BCUT2D eigenvalue weighted by Gasteiger charge is -2.23. The summed E-state index contributed by atoms with van der Waals surface area (Å²) in [6.45, 7) is 2.79. The molecular weight excluding hydrogens is 472 g/mol. The molecule has 176 valence electrons. The summed E-state index contributed by atoms with van der Waals surface area (Å²) >= 11 is 6.69. The van der Waals surface area contributed by atoms with Crippen LogP contribution < -0.4 is 10.9 Å². The molecule has 0 aliphatic carbocycles. The average Bonchev–Trinajstić information content (AvgIpc) is 3.13. The van der Waals surface area contributed by atoms with Gasteiger partial charge in [-0.15, -0.1) is 0 Å². The monoisotopic (exact) mass is 496 g/mol. The molecule has 4 rings (SSSR count). The van der Waals surface area contributed by atoms with E-state index in [-0.39, 0.29) is 36.3 Å². The Hall–Kier alpha value is -3.05. The number of carbonyl (C=O) groups is 1. The molecule has 10 heteroatoms. The second-order valence-electron chi connectivity index (χ2n) is 7.51. The largest absolute Gasteiger partial charge is 0.394 e. The van der Waals surface area contributed by atoms with E-state index in [0.29, 0.717) is 33.8 Å². The van der Waals surface area contributed by atoms with Crippen molar-refractivity contribution < 1.29 is 14.6 Å². The van der Waals surface area contributed by atoms with Gasteiger partial charge in [0.2, 0.25) is 0 Å². The number of thiocarbonyl (C=S) groups is 1. The van der Waals surface area contributed by atoms with Gasteiger partial charge in [0.15, 0.2) is 0 Å². The first-order valence-electron chi connectivity index (χ1n) is 10.8. The number of hydrogen-bond donors (Lipinski definition) is 2. The summed E-state index contributed by atoms with van der Waals surface area (Å²) in [6.07, 6.45) is 3.20. The van der Waals surface area contributed by atoms with Gasteiger partial charge in [0.05, 0.1) is 36.3 Å². The number of aromatic nitrogens is 2. The van der Waals surface area contributed by atoms with Crippen molar-refractivity contribution in [3.8, 4) is 0 Å². The van der Waals surface area contributed by atoms with Crippen LogP contribution in [0.5, 0.6) is 0 Å². The number of carbonyl (C=O) groups excluding carboxylic acids is 1. The molecule has 1 atom stereocenters. The van der Waals surface area contributed by atoms with Gasteiger partial charge in [-0.25, -0.2) is 4.98 Å². The van der Waals surface area contributed by atoms with E-state index in [1.54, 1.807) is 35.4 Å². The van der Waals surface area contributed by atoms with Crippen LogP contribution in [0.1, 0.15) is 24.1 Å². The maximum absolute atomic E-state index is 13.3. The van der Waals surface area contributed by atoms with Crippen molar-refractivity contribution in [1.82, 2.24) is 14.3 Å². The highest BCUT2D eigenvalue weighted by Crippen LogP contribution is 2.38. The minimum Gasteiger partial charge on any atom is -0.394 e. The number of anilines is 1. The van der Waals surface area contributed by atoms with Gasteiger partial charge < -0.3 is 15.2 Å². The predicted molar refractivity (Wildman–Crippen MR) is 138 cm³/mol. The average molecular weight is 497 g/mol. The first kappa shape index (κ1) is 24.1. The maximum Gasteiger partial charge on any atom is 0.267 e. The molecule has 8 nitrogen and oxygen atoms in total. The highest BCUT2D eigenvalue weighted by Gasteiger charge is 2.36. The Morgan fingerprint density at radius 3 is 2.71 bits per heavy atom. The Morgan fingerprint density at radius 1 is 1.18 bits per heavy atom. The van der Waals surface area contributed by atoms with Gasteiger partial charge in [-0.1, -0.05) is 60.4 Å². The lowest BCUT2D eigenvalue weighted by Crippen LogP contribution is -2.31. The number of nitrogens with one attached hydrogen (secondary N) is 1. The van der Waals surface area contributed by atoms with E-state index >= 15 is 0 Å². The van der Waals surface area contributed by atoms with Crippen LogP contribution in [-0.4, -0.2) is 56.0 Å². The summed E-state index contributed by atoms with van der Waals surface area (Å²) in [5, 5.41) is 12.0. The zero-order chi connectivity index (χ0) is 24.1. The van der Waals surface area contributed by atoms with Crippen molar-refractivity contribution in [2.24, 2.45) is 0 Å². The van der Waals surface area contributed by atoms with Crippen LogP contribution in [0.4, 0.5) is 5.82 Å². The standard InChI is InChI=1S/C24H24N4O4S2/c1-16(17-7-3-2-4-8-17)28-23(31)19(34-24(28)33)15-18-21(25-10-13-32-14-12-29)26-20-9-5-6-11-27(20)22(18)30/h2-9,11,15-16,25,29H,10,12-14H2,1H3/b19-15+/t16-/m0/s1. The Labute approximate surface area is 206 Å². The molecule has 0 saturated carbocycles. The normalized spacial score (nSPS) is 15.9. The molecule has 0 unspecified atom stereocenters. The molecule has 1 aliphatic rings. The molecular formula is C24H24N4O4S2. The SMILES string of the molecule is C[C@@H](c1ccccc1)N1C(=O)/C(=C\c2c(NCCOCCO)nc3ccccn3c2=O)SC1=S. The Kier molecular flexibility index (Phi) is 7.73. The molecule has 34 heavy (non-hydrogen) atoms. The fraction of sp³-hybridized carbons (Fsp3) is 0.250. The van der Waals surface area contributed by atoms with E-state index in [0.717, 1.165) is 5.56 Å². The number of rotatable bonds is 9. The van der Waals surface area contributed by atoms with Crippen molar-refractivity contribution in [2.45, 2.75) is 13.0 Å². The number of aliphatic hydroxyl groups is 1. The van der Waals surface area contributed by atoms with Crippen LogP contribution in [0, 0.1) is 0 Å². The third-order valence-electron chi connectivity index (χ3n) is 5.31. The zero-order valence-electron chi connectivity index (χ0n) is 18.5. The van der Waals surface area contributed by atoms with Crippen molar-refractivity contribution >= 4 is 51.7 Å². The fourth-order valence-corrected chi connectivity index (χ4v) is 5.00. The van der Waals surface area contributed by atoms with E-state index in [1.165, 1.54) is 16.2 Å². The van der Waals surface area contributed by atoms with Crippen LogP contribution in [0.3, 0.4) is 0 Å². The fourth-order valence-electron chi connectivity index (χ4n) is 3.60. The molecule has 0 bridgehead atoms. The van der Waals surface area contributed by atoms with Crippen LogP contribution in [-0.2, 0) is 9.53 Å². The second kappa shape index (κ2) is 10.9. The van der Waals surface area contributed by atoms with Gasteiger partial charge in [0.1, 0.15) is 15.8 Å². The van der Waals surface area contributed by atoms with Gasteiger partial charge in [-0.2, -0.15) is 0 Å². The third kappa shape index (κ3) is 5.05. The minimum atomic E-state index is -0.300. The molecule has 2 N–H and O–H groups in total. The van der Waals surface area contributed by atoms with Crippen molar-refractivity contribution in [3.63, 3.8) is 0 Å². The number of thioether (sulfide) groups is 1. The number of nitrogens with zero attached hydrogens (tertiary/aromatic N) is 3. The van der Waals surface area contributed by atoms with Gasteiger partial charge in [-0.3, -0.25) is 18.9 Å². The molecule has 1 fully saturated rings. The predicted octanol–water partition coefficient (Wildman–Crippen LogP) is 3.08. The van der Waals surface area contributed by atoms with Crippen LogP contribution in [0.25, 0.3) is 11.7 Å². The third-order valence-corrected chi connectivity index (χ3v) is 6.64. The maximum atomic E-state index is 13.3. The Balaban J connectivity index is 1.68. The summed E-state index contributed by atoms with van der Waals surface area (Å²) in [5.74, 6) is 0.103. The highest BCUT2D eigenvalue weighted by atomic mass is 32.2. The molecule has 2 aromatic heterocycles. The number of hydrogen-bond acceptors (Lipinski definition) is 8. The Bertz CT molecular complexity index is 1290. The molecule has 3 aromatic rings. The van der Waals surface area contributed by atoms with E-state index in [1.807, 2.05) is 37.3 Å². The number of aliphatic hydroxyl groups excluding tert-OH is 1. The molecule has 3 heterocycles. The van der Waals surface area contributed by atoms with Gasteiger partial charge >= 0.3 is 0 Å². The Morgan fingerprint density at radius 2 is 1.94 bits per heavy atom. The van der Waals surface area contributed by atoms with E-state index in [4.69, 9.17) is 22.1 Å². The highest BCUT2D eigenvalue weighted by molar-refractivity contribution is 8.26. The first-order chi connectivity index (χ1) is 16.5. The quantitative estimate of drug-likeness (QED) is 0.265. The van der Waals surface area contributed by atoms with Crippen LogP contribution in [0.2, 0.25) is 0 Å². The number of benzene rings is 1. The minimum absolute atomic E-state index is 0.0654. The van der Waals surface area contributed by atoms with E-state index < -0.39 is 0 Å². The lowest BCUT2D eigenvalue weighted by atomic mass is 10.1. The summed E-state index contributed by atoms with van der Waals surface area (Å²) in [7, 11) is 0. The molecule has 0 radical (unpaired) electrons. The number of amides is 1. The van der Waals surface area contributed by atoms with Crippen molar-refractivity contribution in [3.05, 3.63) is 81.1 Å². The van der Waals surface area contributed by atoms with Gasteiger partial charge in [0.25, 0.3) is 11.5 Å². The van der Waals surface area contributed by atoms with Gasteiger partial charge in [-0.05, 0) is 30.7 Å². The van der Waals surface area contributed by atoms with Gasteiger partial charge in [0, 0.05) is 12.7 Å². The molecule has 0 spiro atoms. The molecule has 1 saturated heterocycles. The number of pyridine rings is 1. The van der Waals surface area contributed by atoms with Crippen LogP contribution in [0.15, 0.2) is 64.4 Å². The molecule has 1 aliphatic heterocycles. The number of ether oxygens (including phenoxy) is 1. The molecule has 1 aromatic carbocycles. The zero-order valence-corrected chi connectivity index (χ0v) is 20.1. The summed E-state index contributed by atoms with van der Waals surface area (Å²) in [5.41, 5.74) is 1.41. The smallest absolute Gasteiger partial charge is 0.267 e. The number of fused-ring (bicyclic) bond motifs is 1. The second-order valence-corrected chi connectivity index (χ2v) is 9.18. The summed E-state index contributed by atoms with van der Waals surface area (Å²) < 4.78 is 7.16. The first-order valence-corrected chi connectivity index (χ1v) is 12.0. The van der Waals surface area contributed by atoms with Crippen molar-refractivity contribution in [2.75, 3.05) is 31.7 Å². The topological polar surface area (TPSA) is 96.2 Å². The summed E-state index contributed by atoms with van der Waals surface area (Å²) in [6, 6.07) is 14.7.